The zero-order valence-corrected chi connectivity index (χ0v) is 33.2. The van der Waals surface area contributed by atoms with Gasteiger partial charge in [0, 0.05) is 43.0 Å². The van der Waals surface area contributed by atoms with Crippen molar-refractivity contribution in [2.75, 3.05) is 0 Å². The smallest absolute Gasteiger partial charge is 0.179 e. The first kappa shape index (κ1) is 49.0. The number of rotatable bonds is 14. The summed E-state index contributed by atoms with van der Waals surface area (Å²) in [5, 5.41) is 38.9. The number of aromatic nitrogens is 3. The molecule has 55 heavy (non-hydrogen) atoms. The first-order valence-electron chi connectivity index (χ1n) is 17.3. The fourth-order valence-electron chi connectivity index (χ4n) is 4.08. The Balaban J connectivity index is 0.000000707. The number of hydrogen-bond acceptors (Lipinski definition) is 10. The Morgan fingerprint density at radius 3 is 0.964 bits per heavy atom. The number of nitrogens with zero attached hydrogens (tertiary/aromatic N) is 3. The number of carboxylic acids is 3. The molecule has 0 fully saturated rings. The van der Waals surface area contributed by atoms with Gasteiger partial charge in [0.2, 0.25) is 0 Å². The van der Waals surface area contributed by atoms with Crippen molar-refractivity contribution in [3.63, 3.8) is 0 Å². The second-order valence-corrected chi connectivity index (χ2v) is 13.3. The molecule has 0 aliphatic carbocycles. The van der Waals surface area contributed by atoms with Gasteiger partial charge < -0.3 is 34.8 Å². The molecule has 0 radical (unpaired) electrons. The zero-order chi connectivity index (χ0) is 42.3. The SMILES string of the molecule is CC(=O)c1ccc[n+](CC=C(C)C)c1.CC(=O)c1ccc[n+](CC=C(C)C)c1.CC(=O)c1ccc[n+](CC=C(C)C)c1.O=C([O-])CC(O)(CC(=O)[O-])C(=O)[O-]. The average molecular weight is 760 g/mol. The lowest BCUT2D eigenvalue weighted by atomic mass is 9.96. The number of carbonyl (C=O) groups excluding carboxylic acids is 6. The Bertz CT molecular complexity index is 1690. The van der Waals surface area contributed by atoms with Gasteiger partial charge in [0.15, 0.2) is 74.2 Å². The van der Waals surface area contributed by atoms with Gasteiger partial charge in [-0.3, -0.25) is 14.4 Å². The van der Waals surface area contributed by atoms with E-state index in [4.69, 9.17) is 5.11 Å². The van der Waals surface area contributed by atoms with Gasteiger partial charge in [-0.1, -0.05) is 16.7 Å². The number of pyridine rings is 3. The molecular weight excluding hydrogens is 706 g/mol. The molecule has 0 saturated heterocycles. The standard InChI is InChI=1S/3C12H16NO.C6H8O7/c3*1-10(2)6-8-13-7-4-5-12(9-13)11(3)14;7-3(8)1-6(13,5(11)12)2-4(9)10/h3*4-7,9H,8H2,1-3H3;13H,1-2H2,(H,7,8)(H,9,10)(H,11,12)/q3*+1;/p-3. The van der Waals surface area contributed by atoms with Crippen molar-refractivity contribution in [3.8, 4) is 0 Å². The van der Waals surface area contributed by atoms with Crippen LogP contribution in [0.4, 0.5) is 0 Å². The quantitative estimate of drug-likeness (QED) is 0.141. The van der Waals surface area contributed by atoms with E-state index in [9.17, 15) is 44.1 Å². The summed E-state index contributed by atoms with van der Waals surface area (Å²) < 4.78 is 6.01. The van der Waals surface area contributed by atoms with Crippen LogP contribution in [0.3, 0.4) is 0 Å². The predicted molar refractivity (Wildman–Crippen MR) is 197 cm³/mol. The van der Waals surface area contributed by atoms with Gasteiger partial charge in [0.05, 0.1) is 22.7 Å². The van der Waals surface area contributed by atoms with Crippen LogP contribution >= 0.6 is 0 Å². The number of allylic oxidation sites excluding steroid dienone is 6. The summed E-state index contributed by atoms with van der Waals surface area (Å²) in [6.07, 6.45) is 15.2. The molecule has 0 atom stereocenters. The van der Waals surface area contributed by atoms with E-state index >= 15 is 0 Å². The molecule has 0 aliphatic heterocycles. The van der Waals surface area contributed by atoms with Gasteiger partial charge in [-0.05, 0) is 98.7 Å². The third-order valence-electron chi connectivity index (χ3n) is 7.18. The molecule has 3 aromatic heterocycles. The van der Waals surface area contributed by atoms with Crippen LogP contribution in [0.5, 0.6) is 0 Å². The van der Waals surface area contributed by atoms with E-state index in [2.05, 4.69) is 59.8 Å². The highest BCUT2D eigenvalue weighted by molar-refractivity contribution is 5.94. The lowest BCUT2D eigenvalue weighted by Gasteiger charge is -2.29. The third-order valence-corrected chi connectivity index (χ3v) is 7.18. The second-order valence-electron chi connectivity index (χ2n) is 13.3. The molecule has 1 N–H and O–H groups in total. The van der Waals surface area contributed by atoms with E-state index in [1.807, 2.05) is 87.3 Å². The van der Waals surface area contributed by atoms with Crippen molar-refractivity contribution in [1.82, 2.24) is 0 Å². The summed E-state index contributed by atoms with van der Waals surface area (Å²) >= 11 is 0. The summed E-state index contributed by atoms with van der Waals surface area (Å²) in [7, 11) is 0. The van der Waals surface area contributed by atoms with Crippen LogP contribution in [0.25, 0.3) is 0 Å². The third kappa shape index (κ3) is 22.7. The molecule has 296 valence electrons. The predicted octanol–water partition coefficient (Wildman–Crippen LogP) is 1.18. The minimum Gasteiger partial charge on any atom is -0.550 e. The maximum Gasteiger partial charge on any atom is 0.179 e. The van der Waals surface area contributed by atoms with Crippen LogP contribution in [-0.2, 0) is 34.0 Å². The molecule has 3 rings (SSSR count). The number of aliphatic carboxylic acids is 3. The number of ketones is 3. The highest BCUT2D eigenvalue weighted by atomic mass is 16.4. The molecule has 0 aliphatic rings. The Labute approximate surface area is 323 Å². The van der Waals surface area contributed by atoms with Crippen LogP contribution in [-0.4, -0.2) is 46.0 Å². The van der Waals surface area contributed by atoms with Crippen molar-refractivity contribution in [3.05, 3.63) is 125 Å². The number of aliphatic hydroxyl groups is 1. The fourth-order valence-corrected chi connectivity index (χ4v) is 4.08. The molecule has 3 aromatic rings. The van der Waals surface area contributed by atoms with E-state index in [1.165, 1.54) is 16.7 Å². The van der Waals surface area contributed by atoms with Crippen LogP contribution in [0, 0.1) is 0 Å². The number of carboxylic acid groups (broad SMARTS) is 3. The zero-order valence-electron chi connectivity index (χ0n) is 33.2. The van der Waals surface area contributed by atoms with Crippen LogP contribution in [0.2, 0.25) is 0 Å². The molecule has 0 aromatic carbocycles. The topological polar surface area (TPSA) is 203 Å². The maximum absolute atomic E-state index is 11.1. The lowest BCUT2D eigenvalue weighted by Crippen LogP contribution is -2.54. The molecular formula is C42H53N3O10. The Kier molecular flexibility index (Phi) is 22.4. The van der Waals surface area contributed by atoms with Gasteiger partial charge in [-0.2, -0.15) is 0 Å². The minimum atomic E-state index is -2.97. The fraction of sp³-hybridized carbons (Fsp3) is 0.357. The largest absolute Gasteiger partial charge is 0.550 e. The molecule has 0 bridgehead atoms. The first-order valence-corrected chi connectivity index (χ1v) is 17.3. The van der Waals surface area contributed by atoms with Gasteiger partial charge >= 0.3 is 0 Å². The van der Waals surface area contributed by atoms with Gasteiger partial charge in [0.1, 0.15) is 5.60 Å². The summed E-state index contributed by atoms with van der Waals surface area (Å²) in [6.45, 7) is 19.6. The number of Topliss-reactive ketones (excluding diaryl/α,β-unsaturated/α-hetero) is 3. The van der Waals surface area contributed by atoms with Crippen molar-refractivity contribution in [1.29, 1.82) is 0 Å². The molecule has 0 spiro atoms. The molecule has 0 unspecified atom stereocenters. The van der Waals surface area contributed by atoms with Crippen molar-refractivity contribution in [2.24, 2.45) is 0 Å². The van der Waals surface area contributed by atoms with E-state index in [-0.39, 0.29) is 17.3 Å². The Hall–Kier alpha value is -5.95. The molecule has 0 saturated carbocycles. The highest BCUT2D eigenvalue weighted by Gasteiger charge is 2.29. The van der Waals surface area contributed by atoms with Crippen molar-refractivity contribution < 1.29 is 62.9 Å². The van der Waals surface area contributed by atoms with Gasteiger partial charge in [0.25, 0.3) is 0 Å². The highest BCUT2D eigenvalue weighted by Crippen LogP contribution is 2.13. The number of hydrogen-bond donors (Lipinski definition) is 1. The van der Waals surface area contributed by atoms with Crippen LogP contribution in [0.15, 0.2) is 109 Å². The Morgan fingerprint density at radius 1 is 0.527 bits per heavy atom. The maximum atomic E-state index is 11.1. The van der Waals surface area contributed by atoms with Crippen molar-refractivity contribution in [2.45, 2.75) is 100 Å². The van der Waals surface area contributed by atoms with Crippen LogP contribution in [0.1, 0.15) is 106 Å². The minimum absolute atomic E-state index is 0.108. The van der Waals surface area contributed by atoms with E-state index in [1.54, 1.807) is 20.8 Å². The van der Waals surface area contributed by atoms with Crippen molar-refractivity contribution >= 4 is 35.3 Å². The molecule has 13 nitrogen and oxygen atoms in total. The first-order chi connectivity index (χ1) is 25.6. The summed E-state index contributed by atoms with van der Waals surface area (Å²) in [6, 6.07) is 11.2. The summed E-state index contributed by atoms with van der Waals surface area (Å²) in [5.74, 6) is -5.66. The summed E-state index contributed by atoms with van der Waals surface area (Å²) in [5.41, 5.74) is 3.15. The van der Waals surface area contributed by atoms with Gasteiger partial charge in [-0.15, -0.1) is 0 Å². The molecule has 0 amide bonds. The van der Waals surface area contributed by atoms with Gasteiger partial charge in [-0.25, -0.2) is 13.7 Å². The lowest BCUT2D eigenvalue weighted by molar-refractivity contribution is -0.687. The van der Waals surface area contributed by atoms with E-state index in [0.717, 1.165) is 36.3 Å². The van der Waals surface area contributed by atoms with Crippen LogP contribution < -0.4 is 29.0 Å². The average Bonchev–Trinajstić information content (AvgIpc) is 3.09. The second kappa shape index (κ2) is 25.1. The van der Waals surface area contributed by atoms with E-state index in [0.29, 0.717) is 0 Å². The molecule has 13 heteroatoms. The summed E-state index contributed by atoms with van der Waals surface area (Å²) in [4.78, 5) is 63.3. The van der Waals surface area contributed by atoms with E-state index < -0.39 is 36.4 Å². The number of carbonyl (C=O) groups is 6. The Morgan fingerprint density at radius 2 is 0.782 bits per heavy atom. The monoisotopic (exact) mass is 759 g/mol. The normalized spacial score (nSPS) is 9.93. The molecule has 3 heterocycles.